The largest absolute Gasteiger partial charge is 0.375 e. The zero-order chi connectivity index (χ0) is 15.2. The van der Waals surface area contributed by atoms with Gasteiger partial charge in [0.1, 0.15) is 0 Å². The Morgan fingerprint density at radius 3 is 2.85 bits per heavy atom. The second kappa shape index (κ2) is 7.43. The third-order valence-corrected chi connectivity index (χ3v) is 5.13. The van der Waals surface area contributed by atoms with Crippen molar-refractivity contribution in [3.05, 3.63) is 46.0 Å². The summed E-state index contributed by atoms with van der Waals surface area (Å²) in [5.41, 5.74) is 0.270. The Morgan fingerprint density at radius 1 is 1.60 bits per heavy atom. The van der Waals surface area contributed by atoms with E-state index in [9.17, 15) is 14.7 Å². The Balaban J connectivity index is 2.82. The van der Waals surface area contributed by atoms with E-state index in [0.717, 1.165) is 0 Å². The number of rotatable bonds is 8. The second-order valence-corrected chi connectivity index (χ2v) is 7.21. The van der Waals surface area contributed by atoms with Crippen LogP contribution in [0, 0.1) is 10.1 Å². The van der Waals surface area contributed by atoms with Gasteiger partial charge in [0.15, 0.2) is 0 Å². The molecule has 0 aliphatic carbocycles. The number of nitrogens with one attached hydrogen (secondary N) is 1. The minimum Gasteiger partial charge on any atom is -0.375 e. The number of non-ortho nitro benzene ring substituents is 1. The van der Waals surface area contributed by atoms with Crippen LogP contribution in [0.4, 0.5) is 11.4 Å². The molecule has 0 aliphatic rings. The quantitative estimate of drug-likeness (QED) is 0.337. The van der Waals surface area contributed by atoms with Gasteiger partial charge in [-0.3, -0.25) is 14.7 Å². The van der Waals surface area contributed by atoms with E-state index in [1.165, 1.54) is 24.3 Å². The Labute approximate surface area is 122 Å². The van der Waals surface area contributed by atoms with Crippen molar-refractivity contribution in [2.75, 3.05) is 24.4 Å². The van der Waals surface area contributed by atoms with E-state index in [2.05, 4.69) is 11.9 Å². The van der Waals surface area contributed by atoms with Crippen LogP contribution in [-0.4, -0.2) is 24.0 Å². The first-order valence-corrected chi connectivity index (χ1v) is 8.30. The maximum absolute atomic E-state index is 12.3. The number of halogens is 1. The molecular formula is C12H16ClN2O4P. The van der Waals surface area contributed by atoms with Gasteiger partial charge in [0.05, 0.1) is 28.5 Å². The summed E-state index contributed by atoms with van der Waals surface area (Å²) < 4.78 is 17.6. The summed E-state index contributed by atoms with van der Waals surface area (Å²) in [6.07, 6.45) is 1.92. The molecule has 0 aromatic heterocycles. The summed E-state index contributed by atoms with van der Waals surface area (Å²) in [4.78, 5) is 10.2. The van der Waals surface area contributed by atoms with Crippen molar-refractivity contribution in [3.8, 4) is 0 Å². The first kappa shape index (κ1) is 16.7. The highest BCUT2D eigenvalue weighted by molar-refractivity contribution is 7.59. The highest BCUT2D eigenvalue weighted by Crippen LogP contribution is 2.46. The van der Waals surface area contributed by atoms with Crippen molar-refractivity contribution < 1.29 is 14.0 Å². The van der Waals surface area contributed by atoms with Gasteiger partial charge in [0.25, 0.3) is 5.69 Å². The molecular weight excluding hydrogens is 303 g/mol. The van der Waals surface area contributed by atoms with E-state index in [0.29, 0.717) is 16.9 Å². The zero-order valence-electron chi connectivity index (χ0n) is 11.0. The van der Waals surface area contributed by atoms with Crippen molar-refractivity contribution in [2.24, 2.45) is 0 Å². The standard InChI is InChI=1S/C12H16ClN2O4P/c1-3-7-19-20(18,4-2)9-14-12-8-10(15(16)17)5-6-11(12)13/h3,5-6,8,14H,1,4,7,9H2,2H3. The SMILES string of the molecule is C=CCOP(=O)(CC)CNc1cc([N+](=O)[O-])ccc1Cl. The van der Waals surface area contributed by atoms with Crippen LogP contribution in [-0.2, 0) is 9.09 Å². The predicted molar refractivity (Wildman–Crippen MR) is 80.9 cm³/mol. The monoisotopic (exact) mass is 318 g/mol. The summed E-state index contributed by atoms with van der Waals surface area (Å²) in [6.45, 7) is 5.44. The molecule has 0 bridgehead atoms. The number of nitro benzene ring substituents is 1. The molecule has 0 fully saturated rings. The highest BCUT2D eigenvalue weighted by atomic mass is 35.5. The van der Waals surface area contributed by atoms with Crippen molar-refractivity contribution >= 4 is 30.3 Å². The zero-order valence-corrected chi connectivity index (χ0v) is 12.7. The summed E-state index contributed by atoms with van der Waals surface area (Å²) in [7, 11) is -2.85. The van der Waals surface area contributed by atoms with Crippen LogP contribution in [0.1, 0.15) is 6.92 Å². The lowest BCUT2D eigenvalue weighted by Crippen LogP contribution is -2.08. The minimum atomic E-state index is -2.85. The fraction of sp³-hybridized carbons (Fsp3) is 0.333. The Hall–Kier alpha value is -1.36. The fourth-order valence-electron chi connectivity index (χ4n) is 1.41. The van der Waals surface area contributed by atoms with Crippen molar-refractivity contribution in [2.45, 2.75) is 6.92 Å². The molecule has 1 rings (SSSR count). The number of nitro groups is 1. The van der Waals surface area contributed by atoms with Crippen molar-refractivity contribution in [1.82, 2.24) is 0 Å². The molecule has 1 aromatic rings. The molecule has 0 amide bonds. The van der Waals surface area contributed by atoms with Gasteiger partial charge in [-0.2, -0.15) is 0 Å². The Morgan fingerprint density at radius 2 is 2.30 bits per heavy atom. The molecule has 1 unspecified atom stereocenters. The third-order valence-electron chi connectivity index (χ3n) is 2.58. The van der Waals surface area contributed by atoms with E-state index in [-0.39, 0.29) is 18.6 Å². The highest BCUT2D eigenvalue weighted by Gasteiger charge is 2.20. The van der Waals surface area contributed by atoms with Gasteiger partial charge in [-0.25, -0.2) is 0 Å². The maximum Gasteiger partial charge on any atom is 0.271 e. The van der Waals surface area contributed by atoms with Crippen molar-refractivity contribution in [1.29, 1.82) is 0 Å². The fourth-order valence-corrected chi connectivity index (χ4v) is 2.88. The molecule has 8 heteroatoms. The molecule has 0 saturated heterocycles. The maximum atomic E-state index is 12.3. The van der Waals surface area contributed by atoms with E-state index in [4.69, 9.17) is 16.1 Å². The van der Waals surface area contributed by atoms with Crippen LogP contribution in [0.3, 0.4) is 0 Å². The lowest BCUT2D eigenvalue weighted by atomic mass is 10.3. The Bertz CT molecular complexity index is 550. The average molecular weight is 319 g/mol. The summed E-state index contributed by atoms with van der Waals surface area (Å²) in [6, 6.07) is 4.03. The van der Waals surface area contributed by atoms with Gasteiger partial charge in [-0.15, -0.1) is 6.58 Å². The van der Waals surface area contributed by atoms with Gasteiger partial charge >= 0.3 is 0 Å². The molecule has 0 aliphatic heterocycles. The molecule has 110 valence electrons. The van der Waals surface area contributed by atoms with E-state index in [1.54, 1.807) is 6.92 Å². The Kier molecular flexibility index (Phi) is 6.20. The van der Waals surface area contributed by atoms with E-state index in [1.807, 2.05) is 0 Å². The normalized spacial score (nSPS) is 13.5. The lowest BCUT2D eigenvalue weighted by Gasteiger charge is -2.17. The molecule has 0 spiro atoms. The molecule has 0 radical (unpaired) electrons. The van der Waals surface area contributed by atoms with Crippen LogP contribution in [0.5, 0.6) is 0 Å². The van der Waals surface area contributed by atoms with Crippen LogP contribution >= 0.6 is 19.0 Å². The first-order chi connectivity index (χ1) is 9.41. The summed E-state index contributed by atoms with van der Waals surface area (Å²) in [5, 5.41) is 13.9. The van der Waals surface area contributed by atoms with Crippen LogP contribution in [0.15, 0.2) is 30.9 Å². The number of benzene rings is 1. The molecule has 1 atom stereocenters. The first-order valence-electron chi connectivity index (χ1n) is 5.93. The molecule has 20 heavy (non-hydrogen) atoms. The van der Waals surface area contributed by atoms with Crippen molar-refractivity contribution in [3.63, 3.8) is 0 Å². The molecule has 1 aromatic carbocycles. The smallest absolute Gasteiger partial charge is 0.271 e. The average Bonchev–Trinajstić information content (AvgIpc) is 2.44. The number of anilines is 1. The summed E-state index contributed by atoms with van der Waals surface area (Å²) >= 11 is 5.95. The van der Waals surface area contributed by atoms with Gasteiger partial charge < -0.3 is 9.84 Å². The second-order valence-electron chi connectivity index (χ2n) is 3.97. The number of hydrogen-bond acceptors (Lipinski definition) is 5. The summed E-state index contributed by atoms with van der Waals surface area (Å²) in [5.74, 6) is 0. The third kappa shape index (κ3) is 4.63. The number of hydrogen-bond donors (Lipinski definition) is 1. The van der Waals surface area contributed by atoms with E-state index >= 15 is 0 Å². The van der Waals surface area contributed by atoms with Crippen LogP contribution < -0.4 is 5.32 Å². The topological polar surface area (TPSA) is 81.5 Å². The van der Waals surface area contributed by atoms with Crippen LogP contribution in [0.25, 0.3) is 0 Å². The lowest BCUT2D eigenvalue weighted by molar-refractivity contribution is -0.384. The minimum absolute atomic E-state index is 0.0538. The molecule has 0 saturated carbocycles. The number of nitrogens with zero attached hydrogens (tertiary/aromatic N) is 1. The molecule has 0 heterocycles. The van der Waals surface area contributed by atoms with Gasteiger partial charge in [0, 0.05) is 18.3 Å². The van der Waals surface area contributed by atoms with Crippen LogP contribution in [0.2, 0.25) is 5.02 Å². The van der Waals surface area contributed by atoms with Gasteiger partial charge in [0.2, 0.25) is 7.37 Å². The van der Waals surface area contributed by atoms with Gasteiger partial charge in [-0.05, 0) is 6.07 Å². The molecule has 1 N–H and O–H groups in total. The molecule has 6 nitrogen and oxygen atoms in total. The van der Waals surface area contributed by atoms with Gasteiger partial charge in [-0.1, -0.05) is 24.6 Å². The predicted octanol–water partition coefficient (Wildman–Crippen LogP) is 4.12. The van der Waals surface area contributed by atoms with E-state index < -0.39 is 12.3 Å².